The van der Waals surface area contributed by atoms with Crippen LogP contribution in [0.3, 0.4) is 0 Å². The van der Waals surface area contributed by atoms with Crippen molar-refractivity contribution in [3.8, 4) is 11.5 Å². The first kappa shape index (κ1) is 16.6. The van der Waals surface area contributed by atoms with Crippen LogP contribution >= 0.6 is 12.2 Å². The highest BCUT2D eigenvalue weighted by Crippen LogP contribution is 2.33. The standard InChI is InChI=1S/C12H16N4O4S/c1-4-13-12(21)15-14-7-8-5-9(16(17)18)11(20-3)6-10(8)19-2/h5-7H,4H2,1-3H3,(H2,13,15,21)/b14-7-. The van der Waals surface area contributed by atoms with Crippen LogP contribution in [-0.4, -0.2) is 37.0 Å². The molecule has 8 nitrogen and oxygen atoms in total. The molecule has 9 heteroatoms. The van der Waals surface area contributed by atoms with Gasteiger partial charge in [-0.2, -0.15) is 5.10 Å². The molecule has 0 aliphatic heterocycles. The number of thiocarbonyl (C=S) groups is 1. The molecule has 0 bridgehead atoms. The van der Waals surface area contributed by atoms with Gasteiger partial charge in [0.05, 0.1) is 25.4 Å². The van der Waals surface area contributed by atoms with Gasteiger partial charge in [-0.1, -0.05) is 0 Å². The van der Waals surface area contributed by atoms with Crippen LogP contribution < -0.4 is 20.2 Å². The summed E-state index contributed by atoms with van der Waals surface area (Å²) in [4.78, 5) is 10.5. The van der Waals surface area contributed by atoms with Crippen molar-refractivity contribution in [2.45, 2.75) is 6.92 Å². The first-order valence-electron chi connectivity index (χ1n) is 6.00. The van der Waals surface area contributed by atoms with Crippen molar-refractivity contribution in [3.05, 3.63) is 27.8 Å². The summed E-state index contributed by atoms with van der Waals surface area (Å²) in [5.41, 5.74) is 2.85. The van der Waals surface area contributed by atoms with Crippen molar-refractivity contribution < 1.29 is 14.4 Å². The fourth-order valence-corrected chi connectivity index (χ4v) is 1.71. The van der Waals surface area contributed by atoms with Gasteiger partial charge in [0.15, 0.2) is 5.11 Å². The molecule has 0 amide bonds. The third kappa shape index (κ3) is 4.56. The van der Waals surface area contributed by atoms with Gasteiger partial charge in [-0.05, 0) is 19.1 Å². The van der Waals surface area contributed by atoms with Gasteiger partial charge < -0.3 is 14.8 Å². The Balaban J connectivity index is 3.05. The van der Waals surface area contributed by atoms with Gasteiger partial charge in [-0.15, -0.1) is 0 Å². The number of nitro groups is 1. The molecular weight excluding hydrogens is 296 g/mol. The van der Waals surface area contributed by atoms with E-state index in [-0.39, 0.29) is 11.4 Å². The molecule has 0 spiro atoms. The van der Waals surface area contributed by atoms with Crippen LogP contribution in [0.2, 0.25) is 0 Å². The molecule has 21 heavy (non-hydrogen) atoms. The van der Waals surface area contributed by atoms with E-state index < -0.39 is 4.92 Å². The SMILES string of the molecule is CCNC(=S)N/N=C\c1cc([N+](=O)[O-])c(OC)cc1OC. The zero-order valence-corrected chi connectivity index (χ0v) is 12.7. The van der Waals surface area contributed by atoms with E-state index in [0.29, 0.717) is 23.0 Å². The second kappa shape index (κ2) is 8.00. The summed E-state index contributed by atoms with van der Waals surface area (Å²) in [7, 11) is 2.81. The van der Waals surface area contributed by atoms with Gasteiger partial charge in [0.2, 0.25) is 5.75 Å². The number of hydrazone groups is 1. The lowest BCUT2D eigenvalue weighted by molar-refractivity contribution is -0.385. The van der Waals surface area contributed by atoms with Crippen LogP contribution in [0.4, 0.5) is 5.69 Å². The molecule has 0 aliphatic carbocycles. The number of ether oxygens (including phenoxy) is 2. The van der Waals surface area contributed by atoms with E-state index in [1.165, 1.54) is 32.6 Å². The van der Waals surface area contributed by atoms with Gasteiger partial charge in [0, 0.05) is 24.2 Å². The first-order valence-corrected chi connectivity index (χ1v) is 6.41. The summed E-state index contributed by atoms with van der Waals surface area (Å²) < 4.78 is 10.1. The average Bonchev–Trinajstić information content (AvgIpc) is 2.46. The maximum atomic E-state index is 11.0. The second-order valence-electron chi connectivity index (χ2n) is 3.75. The summed E-state index contributed by atoms with van der Waals surface area (Å²) >= 11 is 4.94. The van der Waals surface area contributed by atoms with Crippen LogP contribution in [0, 0.1) is 10.1 Å². The molecule has 0 aromatic heterocycles. The van der Waals surface area contributed by atoms with Crippen LogP contribution in [-0.2, 0) is 0 Å². The van der Waals surface area contributed by atoms with Gasteiger partial charge in [-0.3, -0.25) is 15.5 Å². The molecule has 0 aliphatic rings. The maximum Gasteiger partial charge on any atom is 0.311 e. The lowest BCUT2D eigenvalue weighted by atomic mass is 10.1. The zero-order chi connectivity index (χ0) is 15.8. The van der Waals surface area contributed by atoms with Crippen molar-refractivity contribution in [2.75, 3.05) is 20.8 Å². The predicted octanol–water partition coefficient (Wildman–Crippen LogP) is 1.43. The van der Waals surface area contributed by atoms with Crippen molar-refractivity contribution in [1.82, 2.24) is 10.7 Å². The van der Waals surface area contributed by atoms with Crippen molar-refractivity contribution >= 4 is 29.2 Å². The van der Waals surface area contributed by atoms with Gasteiger partial charge in [0.1, 0.15) is 5.75 Å². The Bertz CT molecular complexity index is 562. The van der Waals surface area contributed by atoms with E-state index in [1.807, 2.05) is 6.92 Å². The highest BCUT2D eigenvalue weighted by molar-refractivity contribution is 7.80. The largest absolute Gasteiger partial charge is 0.496 e. The molecule has 2 N–H and O–H groups in total. The molecule has 1 rings (SSSR count). The van der Waals surface area contributed by atoms with E-state index in [9.17, 15) is 10.1 Å². The van der Waals surface area contributed by atoms with E-state index >= 15 is 0 Å². The molecular formula is C12H16N4O4S. The number of nitrogens with zero attached hydrogens (tertiary/aromatic N) is 2. The lowest BCUT2D eigenvalue weighted by Crippen LogP contribution is -2.31. The average molecular weight is 312 g/mol. The van der Waals surface area contributed by atoms with Crippen LogP contribution in [0.25, 0.3) is 0 Å². The van der Waals surface area contributed by atoms with Crippen molar-refractivity contribution in [1.29, 1.82) is 0 Å². The monoisotopic (exact) mass is 312 g/mol. The fourth-order valence-electron chi connectivity index (χ4n) is 1.51. The van der Waals surface area contributed by atoms with E-state index in [1.54, 1.807) is 0 Å². The van der Waals surface area contributed by atoms with E-state index in [4.69, 9.17) is 21.7 Å². The molecule has 0 fully saturated rings. The van der Waals surface area contributed by atoms with Crippen LogP contribution in [0.15, 0.2) is 17.2 Å². The topological polar surface area (TPSA) is 98.0 Å². The minimum atomic E-state index is -0.535. The van der Waals surface area contributed by atoms with Gasteiger partial charge in [0.25, 0.3) is 0 Å². The molecule has 0 radical (unpaired) electrons. The highest BCUT2D eigenvalue weighted by atomic mass is 32.1. The second-order valence-corrected chi connectivity index (χ2v) is 4.16. The Kier molecular flexibility index (Phi) is 6.34. The fraction of sp³-hybridized carbons (Fsp3) is 0.333. The first-order chi connectivity index (χ1) is 10.0. The number of nitrogens with one attached hydrogen (secondary N) is 2. The minimum Gasteiger partial charge on any atom is -0.496 e. The molecule has 1 aromatic rings. The molecule has 0 saturated carbocycles. The lowest BCUT2D eigenvalue weighted by Gasteiger charge is -2.08. The summed E-state index contributed by atoms with van der Waals surface area (Å²) in [5.74, 6) is 0.516. The summed E-state index contributed by atoms with van der Waals surface area (Å²) in [6, 6.07) is 2.75. The summed E-state index contributed by atoms with van der Waals surface area (Å²) in [6.07, 6.45) is 1.38. The molecule has 0 saturated heterocycles. The van der Waals surface area contributed by atoms with Gasteiger partial charge in [-0.25, -0.2) is 0 Å². The number of rotatable bonds is 6. The Morgan fingerprint density at radius 2 is 2.10 bits per heavy atom. The van der Waals surface area contributed by atoms with Crippen LogP contribution in [0.5, 0.6) is 11.5 Å². The number of benzene rings is 1. The number of methoxy groups -OCH3 is 2. The smallest absolute Gasteiger partial charge is 0.311 e. The van der Waals surface area contributed by atoms with Crippen molar-refractivity contribution in [3.63, 3.8) is 0 Å². The summed E-state index contributed by atoms with van der Waals surface area (Å²) in [6.45, 7) is 2.56. The molecule has 0 atom stereocenters. The number of hydrogen-bond acceptors (Lipinski definition) is 6. The Labute approximate surface area is 127 Å². The normalized spacial score (nSPS) is 10.2. The van der Waals surface area contributed by atoms with E-state index in [0.717, 1.165) is 0 Å². The quantitative estimate of drug-likeness (QED) is 0.355. The predicted molar refractivity (Wildman–Crippen MR) is 83.2 cm³/mol. The Morgan fingerprint density at radius 1 is 1.43 bits per heavy atom. The zero-order valence-electron chi connectivity index (χ0n) is 11.9. The van der Waals surface area contributed by atoms with Gasteiger partial charge >= 0.3 is 5.69 Å². The number of hydrogen-bond donors (Lipinski definition) is 2. The third-order valence-electron chi connectivity index (χ3n) is 2.43. The Hall–Kier alpha value is -2.42. The van der Waals surface area contributed by atoms with Crippen LogP contribution in [0.1, 0.15) is 12.5 Å². The Morgan fingerprint density at radius 3 is 2.62 bits per heavy atom. The highest BCUT2D eigenvalue weighted by Gasteiger charge is 2.18. The molecule has 1 aromatic carbocycles. The summed E-state index contributed by atoms with van der Waals surface area (Å²) in [5, 5.41) is 18.1. The minimum absolute atomic E-state index is 0.116. The molecule has 0 heterocycles. The van der Waals surface area contributed by atoms with Crippen molar-refractivity contribution in [2.24, 2.45) is 5.10 Å². The number of nitro benzene ring substituents is 1. The third-order valence-corrected chi connectivity index (χ3v) is 2.67. The maximum absolute atomic E-state index is 11.0. The molecule has 114 valence electrons. The van der Waals surface area contributed by atoms with E-state index in [2.05, 4.69) is 15.8 Å². The molecule has 0 unspecified atom stereocenters.